The Morgan fingerprint density at radius 3 is 2.71 bits per heavy atom. The van der Waals surface area contributed by atoms with Crippen LogP contribution in [0, 0.1) is 12.7 Å². The van der Waals surface area contributed by atoms with Crippen LogP contribution in [0.4, 0.5) is 10.1 Å². The lowest BCUT2D eigenvalue weighted by Gasteiger charge is -2.12. The minimum absolute atomic E-state index is 0.0623. The summed E-state index contributed by atoms with van der Waals surface area (Å²) in [5, 5.41) is 3.39. The summed E-state index contributed by atoms with van der Waals surface area (Å²) in [5.41, 5.74) is 4.47. The Morgan fingerprint density at radius 2 is 1.94 bits per heavy atom. The summed E-state index contributed by atoms with van der Waals surface area (Å²) >= 11 is 0. The van der Waals surface area contributed by atoms with Crippen LogP contribution >= 0.6 is 0 Å². The van der Waals surface area contributed by atoms with Crippen molar-refractivity contribution in [3.63, 3.8) is 0 Å². The van der Waals surface area contributed by atoms with E-state index >= 15 is 0 Å². The zero-order valence-corrected chi connectivity index (χ0v) is 9.70. The molecule has 3 rings (SSSR count). The van der Waals surface area contributed by atoms with Crippen molar-refractivity contribution in [3.05, 3.63) is 65.0 Å². The van der Waals surface area contributed by atoms with Crippen LogP contribution in [0.3, 0.4) is 0 Å². The first-order chi connectivity index (χ1) is 8.25. The first-order valence-corrected chi connectivity index (χ1v) is 5.85. The summed E-state index contributed by atoms with van der Waals surface area (Å²) in [6, 6.07) is 13.2. The zero-order chi connectivity index (χ0) is 11.8. The predicted octanol–water partition coefficient (Wildman–Crippen LogP) is 3.84. The lowest BCUT2D eigenvalue weighted by atomic mass is 10.00. The van der Waals surface area contributed by atoms with Crippen molar-refractivity contribution in [2.24, 2.45) is 0 Å². The molecule has 2 aromatic carbocycles. The van der Waals surface area contributed by atoms with Crippen LogP contribution in [-0.2, 0) is 6.42 Å². The second-order valence-electron chi connectivity index (χ2n) is 4.52. The maximum Gasteiger partial charge on any atom is 0.128 e. The van der Waals surface area contributed by atoms with E-state index in [9.17, 15) is 4.39 Å². The first kappa shape index (κ1) is 10.3. The van der Waals surface area contributed by atoms with E-state index in [1.165, 1.54) is 17.2 Å². The number of rotatable bonds is 1. The van der Waals surface area contributed by atoms with Gasteiger partial charge in [0.1, 0.15) is 5.82 Å². The quantitative estimate of drug-likeness (QED) is 0.780. The Bertz CT molecular complexity index is 563. The van der Waals surface area contributed by atoms with Gasteiger partial charge in [-0.15, -0.1) is 0 Å². The van der Waals surface area contributed by atoms with Crippen molar-refractivity contribution in [1.29, 1.82) is 0 Å². The molecule has 0 radical (unpaired) electrons. The fourth-order valence-electron chi connectivity index (χ4n) is 2.50. The molecule has 1 nitrogen and oxygen atoms in total. The predicted molar refractivity (Wildman–Crippen MR) is 67.6 cm³/mol. The van der Waals surface area contributed by atoms with Gasteiger partial charge in [0, 0.05) is 11.3 Å². The van der Waals surface area contributed by atoms with Crippen molar-refractivity contribution in [3.8, 4) is 0 Å². The maximum absolute atomic E-state index is 13.7. The SMILES string of the molecule is Cc1cccc2c1CC(c1ccccc1F)N2. The topological polar surface area (TPSA) is 12.0 Å². The van der Waals surface area contributed by atoms with Crippen LogP contribution in [0.5, 0.6) is 0 Å². The molecule has 0 saturated heterocycles. The van der Waals surface area contributed by atoms with Crippen LogP contribution in [0.25, 0.3) is 0 Å². The van der Waals surface area contributed by atoms with Crippen LogP contribution in [0.1, 0.15) is 22.7 Å². The number of hydrogen-bond donors (Lipinski definition) is 1. The third-order valence-electron chi connectivity index (χ3n) is 3.43. The average Bonchev–Trinajstić information content (AvgIpc) is 2.75. The molecule has 1 heterocycles. The Hall–Kier alpha value is -1.83. The van der Waals surface area contributed by atoms with E-state index < -0.39 is 0 Å². The molecule has 86 valence electrons. The minimum Gasteiger partial charge on any atom is -0.378 e. The van der Waals surface area contributed by atoms with Crippen LogP contribution in [0.2, 0.25) is 0 Å². The Balaban J connectivity index is 1.97. The van der Waals surface area contributed by atoms with Crippen molar-refractivity contribution in [2.45, 2.75) is 19.4 Å². The molecule has 0 aromatic heterocycles. The van der Waals surface area contributed by atoms with E-state index in [-0.39, 0.29) is 11.9 Å². The molecule has 1 aliphatic rings. The number of anilines is 1. The van der Waals surface area contributed by atoms with Crippen LogP contribution < -0.4 is 5.32 Å². The maximum atomic E-state index is 13.7. The number of aryl methyl sites for hydroxylation is 1. The zero-order valence-electron chi connectivity index (χ0n) is 9.70. The molecule has 2 aromatic rings. The molecule has 0 fully saturated rings. The lowest BCUT2D eigenvalue weighted by Crippen LogP contribution is -2.07. The van der Waals surface area contributed by atoms with Gasteiger partial charge < -0.3 is 5.32 Å². The van der Waals surface area contributed by atoms with Crippen molar-refractivity contribution in [2.75, 3.05) is 5.32 Å². The van der Waals surface area contributed by atoms with Crippen LogP contribution in [0.15, 0.2) is 42.5 Å². The lowest BCUT2D eigenvalue weighted by molar-refractivity contribution is 0.595. The van der Waals surface area contributed by atoms with Gasteiger partial charge in [0.25, 0.3) is 0 Å². The number of hydrogen-bond acceptors (Lipinski definition) is 1. The standard InChI is InChI=1S/C15H14FN/c1-10-5-4-8-14-12(10)9-15(17-14)11-6-2-3-7-13(11)16/h2-8,15,17H,9H2,1H3. The fourth-order valence-corrected chi connectivity index (χ4v) is 2.50. The molecule has 0 amide bonds. The van der Waals surface area contributed by atoms with Crippen molar-refractivity contribution >= 4 is 5.69 Å². The van der Waals surface area contributed by atoms with Gasteiger partial charge in [-0.3, -0.25) is 0 Å². The number of halogens is 1. The molecule has 0 spiro atoms. The number of fused-ring (bicyclic) bond motifs is 1. The number of nitrogens with one attached hydrogen (secondary N) is 1. The highest BCUT2D eigenvalue weighted by molar-refractivity contribution is 5.60. The van der Waals surface area contributed by atoms with Gasteiger partial charge in [-0.25, -0.2) is 4.39 Å². The normalized spacial score (nSPS) is 17.6. The molecule has 2 heteroatoms. The summed E-state index contributed by atoms with van der Waals surface area (Å²) in [6.07, 6.45) is 0.864. The van der Waals surface area contributed by atoms with Gasteiger partial charge in [0.05, 0.1) is 6.04 Å². The average molecular weight is 227 g/mol. The molecule has 1 atom stereocenters. The largest absolute Gasteiger partial charge is 0.378 e. The van der Waals surface area contributed by atoms with Gasteiger partial charge in [0.15, 0.2) is 0 Å². The van der Waals surface area contributed by atoms with Crippen molar-refractivity contribution < 1.29 is 4.39 Å². The van der Waals surface area contributed by atoms with E-state index in [1.807, 2.05) is 18.2 Å². The van der Waals surface area contributed by atoms with Crippen LogP contribution in [-0.4, -0.2) is 0 Å². The molecule has 0 bridgehead atoms. The van der Waals surface area contributed by atoms with E-state index in [0.29, 0.717) is 0 Å². The molecule has 0 aliphatic carbocycles. The monoisotopic (exact) mass is 227 g/mol. The van der Waals surface area contributed by atoms with E-state index in [4.69, 9.17) is 0 Å². The molecule has 1 unspecified atom stereocenters. The highest BCUT2D eigenvalue weighted by atomic mass is 19.1. The summed E-state index contributed by atoms with van der Waals surface area (Å²) < 4.78 is 13.7. The summed E-state index contributed by atoms with van der Waals surface area (Å²) in [7, 11) is 0. The molecule has 1 aliphatic heterocycles. The van der Waals surface area contributed by atoms with Gasteiger partial charge in [-0.05, 0) is 36.6 Å². The van der Waals surface area contributed by atoms with Gasteiger partial charge in [-0.2, -0.15) is 0 Å². The minimum atomic E-state index is -0.129. The van der Waals surface area contributed by atoms with Gasteiger partial charge in [-0.1, -0.05) is 30.3 Å². The summed E-state index contributed by atoms with van der Waals surface area (Å²) in [5.74, 6) is -0.129. The second kappa shape index (κ2) is 3.88. The Kier molecular flexibility index (Phi) is 2.36. The second-order valence-corrected chi connectivity index (χ2v) is 4.52. The molecule has 0 saturated carbocycles. The number of benzene rings is 2. The third-order valence-corrected chi connectivity index (χ3v) is 3.43. The van der Waals surface area contributed by atoms with E-state index in [1.54, 1.807) is 6.07 Å². The summed E-state index contributed by atoms with van der Waals surface area (Å²) in [6.45, 7) is 2.10. The van der Waals surface area contributed by atoms with E-state index in [0.717, 1.165) is 17.7 Å². The van der Waals surface area contributed by atoms with Gasteiger partial charge >= 0.3 is 0 Å². The molecular formula is C15H14FN. The Labute approximate surface area is 100 Å². The molecule has 17 heavy (non-hydrogen) atoms. The Morgan fingerprint density at radius 1 is 1.12 bits per heavy atom. The molecule has 1 N–H and O–H groups in total. The van der Waals surface area contributed by atoms with Gasteiger partial charge in [0.2, 0.25) is 0 Å². The fraction of sp³-hybridized carbons (Fsp3) is 0.200. The third kappa shape index (κ3) is 1.70. The van der Waals surface area contributed by atoms with E-state index in [2.05, 4.69) is 24.4 Å². The highest BCUT2D eigenvalue weighted by Crippen LogP contribution is 2.36. The molecular weight excluding hydrogens is 213 g/mol. The van der Waals surface area contributed by atoms with Crippen molar-refractivity contribution in [1.82, 2.24) is 0 Å². The first-order valence-electron chi connectivity index (χ1n) is 5.85. The summed E-state index contributed by atoms with van der Waals surface area (Å²) in [4.78, 5) is 0. The smallest absolute Gasteiger partial charge is 0.128 e. The highest BCUT2D eigenvalue weighted by Gasteiger charge is 2.24.